The molecule has 6 nitrogen and oxygen atoms in total. The van der Waals surface area contributed by atoms with Crippen molar-refractivity contribution in [1.29, 1.82) is 0 Å². The summed E-state index contributed by atoms with van der Waals surface area (Å²) in [6.07, 6.45) is 6.47. The van der Waals surface area contributed by atoms with Crippen molar-refractivity contribution < 1.29 is 4.79 Å². The molecule has 0 saturated carbocycles. The number of aromatic nitrogens is 4. The van der Waals surface area contributed by atoms with Crippen molar-refractivity contribution in [2.24, 2.45) is 7.05 Å². The van der Waals surface area contributed by atoms with E-state index >= 15 is 0 Å². The van der Waals surface area contributed by atoms with Gasteiger partial charge < -0.3 is 4.90 Å². The van der Waals surface area contributed by atoms with Crippen LogP contribution in [0.25, 0.3) is 0 Å². The van der Waals surface area contributed by atoms with E-state index in [0.29, 0.717) is 6.42 Å². The van der Waals surface area contributed by atoms with Gasteiger partial charge >= 0.3 is 0 Å². The van der Waals surface area contributed by atoms with Gasteiger partial charge in [0.15, 0.2) is 0 Å². The summed E-state index contributed by atoms with van der Waals surface area (Å²) in [7, 11) is 1.93. The summed E-state index contributed by atoms with van der Waals surface area (Å²) in [6, 6.07) is 0.249. The highest BCUT2D eigenvalue weighted by Gasteiger charge is 2.30. The molecule has 0 aliphatic carbocycles. The maximum atomic E-state index is 12.8. The lowest BCUT2D eigenvalue weighted by atomic mass is 10.1. The smallest absolute Gasteiger partial charge is 0.227 e. The fourth-order valence-electron chi connectivity index (χ4n) is 3.46. The number of aryl methyl sites for hydroxylation is 3. The van der Waals surface area contributed by atoms with Crippen LogP contribution in [-0.4, -0.2) is 43.0 Å². The highest BCUT2D eigenvalue weighted by molar-refractivity contribution is 5.79. The Morgan fingerprint density at radius 3 is 2.74 bits per heavy atom. The SMILES string of the molecule is Cc1cnn(C[C@H]2CCCN2C(=O)Cc2c(C)nn(C)c2C)c1. The lowest BCUT2D eigenvalue weighted by Crippen LogP contribution is -2.39. The number of nitrogens with zero attached hydrogens (tertiary/aromatic N) is 5. The third kappa shape index (κ3) is 3.16. The Hall–Kier alpha value is -2.11. The van der Waals surface area contributed by atoms with Crippen molar-refractivity contribution in [3.63, 3.8) is 0 Å². The molecule has 1 fully saturated rings. The minimum Gasteiger partial charge on any atom is -0.338 e. The van der Waals surface area contributed by atoms with Gasteiger partial charge in [-0.2, -0.15) is 10.2 Å². The molecule has 0 N–H and O–H groups in total. The topological polar surface area (TPSA) is 56.0 Å². The first-order valence-corrected chi connectivity index (χ1v) is 8.23. The normalized spacial score (nSPS) is 17.9. The highest BCUT2D eigenvalue weighted by Crippen LogP contribution is 2.22. The second kappa shape index (κ2) is 6.18. The van der Waals surface area contributed by atoms with Crippen LogP contribution in [0.2, 0.25) is 0 Å². The van der Waals surface area contributed by atoms with E-state index in [1.165, 1.54) is 0 Å². The predicted octanol–water partition coefficient (Wildman–Crippen LogP) is 1.78. The van der Waals surface area contributed by atoms with E-state index in [1.807, 2.05) is 54.5 Å². The van der Waals surface area contributed by atoms with Gasteiger partial charge in [-0.15, -0.1) is 0 Å². The van der Waals surface area contributed by atoms with Gasteiger partial charge in [0.25, 0.3) is 0 Å². The molecule has 1 aliphatic heterocycles. The van der Waals surface area contributed by atoms with Crippen molar-refractivity contribution in [2.45, 2.75) is 52.6 Å². The van der Waals surface area contributed by atoms with E-state index < -0.39 is 0 Å². The zero-order valence-corrected chi connectivity index (χ0v) is 14.4. The number of hydrogen-bond acceptors (Lipinski definition) is 3. The number of amides is 1. The molecule has 1 amide bonds. The summed E-state index contributed by atoms with van der Waals surface area (Å²) in [5, 5.41) is 8.77. The van der Waals surface area contributed by atoms with E-state index in [9.17, 15) is 4.79 Å². The number of rotatable bonds is 4. The fraction of sp³-hybridized carbons (Fsp3) is 0.588. The molecule has 3 rings (SSSR count). The van der Waals surface area contributed by atoms with E-state index in [4.69, 9.17) is 0 Å². The van der Waals surface area contributed by atoms with E-state index in [1.54, 1.807) is 0 Å². The van der Waals surface area contributed by atoms with Crippen LogP contribution < -0.4 is 0 Å². The molecule has 1 saturated heterocycles. The van der Waals surface area contributed by atoms with Crippen LogP contribution in [0.5, 0.6) is 0 Å². The summed E-state index contributed by atoms with van der Waals surface area (Å²) in [5.74, 6) is 0.204. The van der Waals surface area contributed by atoms with Gasteiger partial charge in [-0.3, -0.25) is 14.2 Å². The lowest BCUT2D eigenvalue weighted by molar-refractivity contribution is -0.131. The maximum Gasteiger partial charge on any atom is 0.227 e. The molecule has 0 aromatic carbocycles. The van der Waals surface area contributed by atoms with Crippen LogP contribution in [0.4, 0.5) is 0 Å². The lowest BCUT2D eigenvalue weighted by Gasteiger charge is -2.25. The summed E-state index contributed by atoms with van der Waals surface area (Å²) < 4.78 is 3.80. The average molecular weight is 315 g/mol. The highest BCUT2D eigenvalue weighted by atomic mass is 16.2. The maximum absolute atomic E-state index is 12.8. The summed E-state index contributed by atoms with van der Waals surface area (Å²) in [6.45, 7) is 7.67. The molecule has 2 aromatic rings. The first-order chi connectivity index (χ1) is 11.0. The predicted molar refractivity (Wildman–Crippen MR) is 88.1 cm³/mol. The van der Waals surface area contributed by atoms with Crippen molar-refractivity contribution in [3.8, 4) is 0 Å². The number of hydrogen-bond donors (Lipinski definition) is 0. The standard InChI is InChI=1S/C17H25N5O/c1-12-9-18-21(10-12)11-15-6-5-7-22(15)17(23)8-16-13(2)19-20(4)14(16)3/h9-10,15H,5-8,11H2,1-4H3/t15-/m1/s1. The summed E-state index contributed by atoms with van der Waals surface area (Å²) in [4.78, 5) is 14.8. The van der Waals surface area contributed by atoms with Gasteiger partial charge in [0.2, 0.25) is 5.91 Å². The Morgan fingerprint density at radius 2 is 2.13 bits per heavy atom. The van der Waals surface area contributed by atoms with Crippen molar-refractivity contribution in [2.75, 3.05) is 6.54 Å². The molecule has 23 heavy (non-hydrogen) atoms. The third-order valence-electron chi connectivity index (χ3n) is 4.84. The molecular formula is C17H25N5O. The molecule has 0 bridgehead atoms. The Morgan fingerprint density at radius 1 is 1.35 bits per heavy atom. The monoisotopic (exact) mass is 315 g/mol. The van der Waals surface area contributed by atoms with Crippen molar-refractivity contribution in [3.05, 3.63) is 34.9 Å². The molecule has 124 valence electrons. The molecular weight excluding hydrogens is 290 g/mol. The van der Waals surface area contributed by atoms with Crippen LogP contribution >= 0.6 is 0 Å². The molecule has 1 atom stereocenters. The molecule has 0 spiro atoms. The second-order valence-corrected chi connectivity index (χ2v) is 6.57. The molecule has 6 heteroatoms. The van der Waals surface area contributed by atoms with Crippen LogP contribution in [0.15, 0.2) is 12.4 Å². The number of carbonyl (C=O) groups is 1. The largest absolute Gasteiger partial charge is 0.338 e. The van der Waals surface area contributed by atoms with Crippen LogP contribution in [0.3, 0.4) is 0 Å². The quantitative estimate of drug-likeness (QED) is 0.864. The van der Waals surface area contributed by atoms with E-state index in [-0.39, 0.29) is 11.9 Å². The second-order valence-electron chi connectivity index (χ2n) is 6.57. The van der Waals surface area contributed by atoms with Gasteiger partial charge in [0, 0.05) is 31.0 Å². The van der Waals surface area contributed by atoms with Gasteiger partial charge in [-0.05, 0) is 39.2 Å². The average Bonchev–Trinajstić information content (AvgIpc) is 3.17. The Bertz CT molecular complexity index is 715. The zero-order valence-electron chi connectivity index (χ0n) is 14.4. The van der Waals surface area contributed by atoms with Crippen molar-refractivity contribution in [1.82, 2.24) is 24.5 Å². The molecule has 3 heterocycles. The van der Waals surface area contributed by atoms with Gasteiger partial charge in [0.1, 0.15) is 0 Å². The van der Waals surface area contributed by atoms with Crippen LogP contribution in [0, 0.1) is 20.8 Å². The first kappa shape index (κ1) is 15.8. The molecule has 1 aliphatic rings. The first-order valence-electron chi connectivity index (χ1n) is 8.23. The fourth-order valence-corrected chi connectivity index (χ4v) is 3.46. The van der Waals surface area contributed by atoms with E-state index in [2.05, 4.69) is 10.2 Å². The van der Waals surface area contributed by atoms with Crippen molar-refractivity contribution >= 4 is 5.91 Å². The van der Waals surface area contributed by atoms with E-state index in [0.717, 1.165) is 48.4 Å². The Kier molecular flexibility index (Phi) is 4.24. The van der Waals surface area contributed by atoms with Gasteiger partial charge in [-0.1, -0.05) is 0 Å². The minimum atomic E-state index is 0.204. The Balaban J connectivity index is 1.70. The summed E-state index contributed by atoms with van der Waals surface area (Å²) >= 11 is 0. The summed E-state index contributed by atoms with van der Waals surface area (Å²) in [5.41, 5.74) is 4.26. The molecule has 0 radical (unpaired) electrons. The van der Waals surface area contributed by atoms with Gasteiger partial charge in [-0.25, -0.2) is 0 Å². The third-order valence-corrected chi connectivity index (χ3v) is 4.84. The van der Waals surface area contributed by atoms with Crippen LogP contribution in [0.1, 0.15) is 35.4 Å². The number of likely N-dealkylation sites (tertiary alicyclic amines) is 1. The zero-order chi connectivity index (χ0) is 16.6. The van der Waals surface area contributed by atoms with Crippen LogP contribution in [-0.2, 0) is 24.8 Å². The van der Waals surface area contributed by atoms with Gasteiger partial charge in [0.05, 0.1) is 30.9 Å². The molecule has 2 aromatic heterocycles. The minimum absolute atomic E-state index is 0.204. The molecule has 0 unspecified atom stereocenters. The Labute approximate surface area is 137 Å². The number of carbonyl (C=O) groups excluding carboxylic acids is 1.